The average Bonchev–Trinajstić information content (AvgIpc) is 3.72. The maximum atomic E-state index is 13.4. The minimum absolute atomic E-state index is 0.109. The van der Waals surface area contributed by atoms with Crippen molar-refractivity contribution >= 4 is 29.8 Å². The highest BCUT2D eigenvalue weighted by molar-refractivity contribution is 5.95. The van der Waals surface area contributed by atoms with E-state index in [1.54, 1.807) is 13.8 Å². The standard InChI is InChI=1S/C28H38N4O7/c1-3-38-27(36)23-14-9-16-31(23)26(35)22-13-8-15-30(22)25(34)19(2)29-24(33)21-12-7-17-32(21)28(37)39-18-20-10-5-4-6-11-20/h4-6,10-11,19,21-23H,3,7-9,12-18H2,1-2H3,(H,29,33)/t19-,21-,22-,23-/m0/s1. The Morgan fingerprint density at radius 3 is 2.15 bits per heavy atom. The molecule has 0 aromatic heterocycles. The number of hydrogen-bond donors (Lipinski definition) is 1. The summed E-state index contributed by atoms with van der Waals surface area (Å²) in [5.41, 5.74) is 0.850. The molecule has 11 heteroatoms. The Morgan fingerprint density at radius 1 is 0.846 bits per heavy atom. The minimum Gasteiger partial charge on any atom is -0.464 e. The van der Waals surface area contributed by atoms with Crippen molar-refractivity contribution in [2.45, 2.75) is 83.1 Å². The Labute approximate surface area is 228 Å². The topological polar surface area (TPSA) is 126 Å². The normalized spacial score (nSPS) is 23.4. The molecular weight excluding hydrogens is 504 g/mol. The van der Waals surface area contributed by atoms with Crippen LogP contribution in [0.25, 0.3) is 0 Å². The number of benzene rings is 1. The van der Waals surface area contributed by atoms with Crippen LogP contribution in [0.4, 0.5) is 4.79 Å². The van der Waals surface area contributed by atoms with Gasteiger partial charge in [-0.2, -0.15) is 0 Å². The van der Waals surface area contributed by atoms with Gasteiger partial charge in [-0.3, -0.25) is 19.3 Å². The van der Waals surface area contributed by atoms with Crippen LogP contribution in [0.5, 0.6) is 0 Å². The van der Waals surface area contributed by atoms with Gasteiger partial charge < -0.3 is 24.6 Å². The number of carbonyl (C=O) groups excluding carboxylic acids is 5. The second-order valence-electron chi connectivity index (χ2n) is 10.3. The molecule has 0 aliphatic carbocycles. The van der Waals surface area contributed by atoms with E-state index >= 15 is 0 Å². The van der Waals surface area contributed by atoms with Gasteiger partial charge in [0.2, 0.25) is 17.7 Å². The number of carbonyl (C=O) groups is 5. The Kier molecular flexibility index (Phi) is 9.42. The Hall–Kier alpha value is -3.63. The van der Waals surface area contributed by atoms with Crippen LogP contribution in [0.15, 0.2) is 30.3 Å². The van der Waals surface area contributed by atoms with E-state index in [0.29, 0.717) is 58.2 Å². The highest BCUT2D eigenvalue weighted by Gasteiger charge is 2.44. The zero-order valence-corrected chi connectivity index (χ0v) is 22.7. The lowest BCUT2D eigenvalue weighted by atomic mass is 10.1. The number of likely N-dealkylation sites (tertiary alicyclic amines) is 3. The van der Waals surface area contributed by atoms with Crippen molar-refractivity contribution in [2.24, 2.45) is 0 Å². The highest BCUT2D eigenvalue weighted by atomic mass is 16.6. The summed E-state index contributed by atoms with van der Waals surface area (Å²) in [5.74, 6) is -1.45. The molecule has 4 rings (SSSR count). The van der Waals surface area contributed by atoms with Gasteiger partial charge in [0.25, 0.3) is 0 Å². The number of nitrogens with one attached hydrogen (secondary N) is 1. The first-order valence-corrected chi connectivity index (χ1v) is 13.9. The lowest BCUT2D eigenvalue weighted by Crippen LogP contribution is -2.56. The SMILES string of the molecule is CCOC(=O)[C@@H]1CCCN1C(=O)[C@@H]1CCCN1C(=O)[C@H](C)NC(=O)[C@@H]1CCCN1C(=O)OCc1ccccc1. The van der Waals surface area contributed by atoms with Crippen LogP contribution in [0.1, 0.15) is 57.9 Å². The van der Waals surface area contributed by atoms with E-state index < -0.39 is 42.1 Å². The summed E-state index contributed by atoms with van der Waals surface area (Å²) in [4.78, 5) is 69.4. The summed E-state index contributed by atoms with van der Waals surface area (Å²) >= 11 is 0. The molecule has 3 aliphatic rings. The molecular formula is C28H38N4O7. The fourth-order valence-electron chi connectivity index (χ4n) is 5.67. The summed E-state index contributed by atoms with van der Waals surface area (Å²) in [6, 6.07) is 6.39. The first kappa shape index (κ1) is 28.4. The molecule has 0 radical (unpaired) electrons. The molecule has 3 heterocycles. The third kappa shape index (κ3) is 6.51. The first-order chi connectivity index (χ1) is 18.8. The number of ether oxygens (including phenoxy) is 2. The van der Waals surface area contributed by atoms with Crippen molar-refractivity contribution in [3.05, 3.63) is 35.9 Å². The van der Waals surface area contributed by atoms with Crippen LogP contribution in [0.3, 0.4) is 0 Å². The van der Waals surface area contributed by atoms with Crippen LogP contribution in [0.2, 0.25) is 0 Å². The molecule has 1 aromatic rings. The Morgan fingerprint density at radius 2 is 1.46 bits per heavy atom. The fourth-order valence-corrected chi connectivity index (χ4v) is 5.67. The first-order valence-electron chi connectivity index (χ1n) is 13.9. The van der Waals surface area contributed by atoms with Crippen molar-refractivity contribution in [1.82, 2.24) is 20.0 Å². The van der Waals surface area contributed by atoms with Crippen LogP contribution in [-0.2, 0) is 35.3 Å². The molecule has 1 aromatic carbocycles. The molecule has 0 unspecified atom stereocenters. The monoisotopic (exact) mass is 542 g/mol. The summed E-state index contributed by atoms with van der Waals surface area (Å²) in [6.45, 7) is 4.91. The molecule has 4 atom stereocenters. The van der Waals surface area contributed by atoms with Crippen molar-refractivity contribution < 1.29 is 33.4 Å². The molecule has 3 aliphatic heterocycles. The van der Waals surface area contributed by atoms with E-state index in [0.717, 1.165) is 5.56 Å². The smallest absolute Gasteiger partial charge is 0.410 e. The molecule has 0 bridgehead atoms. The third-order valence-corrected chi connectivity index (χ3v) is 7.64. The number of esters is 1. The Bertz CT molecular complexity index is 1070. The van der Waals surface area contributed by atoms with Crippen LogP contribution in [-0.4, -0.2) is 94.9 Å². The van der Waals surface area contributed by atoms with E-state index in [9.17, 15) is 24.0 Å². The van der Waals surface area contributed by atoms with Crippen LogP contribution < -0.4 is 5.32 Å². The predicted molar refractivity (Wildman–Crippen MR) is 140 cm³/mol. The fraction of sp³-hybridized carbons (Fsp3) is 0.607. The maximum Gasteiger partial charge on any atom is 0.410 e. The van der Waals surface area contributed by atoms with E-state index in [2.05, 4.69) is 5.32 Å². The zero-order chi connectivity index (χ0) is 27.9. The molecule has 212 valence electrons. The van der Waals surface area contributed by atoms with E-state index in [-0.39, 0.29) is 25.0 Å². The number of hydrogen-bond acceptors (Lipinski definition) is 7. The van der Waals surface area contributed by atoms with E-state index in [1.165, 1.54) is 14.7 Å². The number of nitrogens with zero attached hydrogens (tertiary/aromatic N) is 3. The van der Waals surface area contributed by atoms with Gasteiger partial charge in [-0.25, -0.2) is 9.59 Å². The van der Waals surface area contributed by atoms with Gasteiger partial charge in [0.1, 0.15) is 30.8 Å². The van der Waals surface area contributed by atoms with Crippen molar-refractivity contribution in [1.29, 1.82) is 0 Å². The summed E-state index contributed by atoms with van der Waals surface area (Å²) < 4.78 is 10.6. The molecule has 3 saturated heterocycles. The van der Waals surface area contributed by atoms with Crippen LogP contribution >= 0.6 is 0 Å². The zero-order valence-electron chi connectivity index (χ0n) is 22.7. The van der Waals surface area contributed by atoms with Gasteiger partial charge in [0.05, 0.1) is 6.61 Å². The Balaban J connectivity index is 1.33. The quantitative estimate of drug-likeness (QED) is 0.497. The molecule has 11 nitrogen and oxygen atoms in total. The summed E-state index contributed by atoms with van der Waals surface area (Å²) in [6.07, 6.45) is 2.97. The van der Waals surface area contributed by atoms with Crippen LogP contribution in [0, 0.1) is 0 Å². The van der Waals surface area contributed by atoms with Gasteiger partial charge in [-0.05, 0) is 57.9 Å². The van der Waals surface area contributed by atoms with Crippen molar-refractivity contribution in [3.8, 4) is 0 Å². The van der Waals surface area contributed by atoms with Gasteiger partial charge in [-0.1, -0.05) is 30.3 Å². The van der Waals surface area contributed by atoms with Gasteiger partial charge in [-0.15, -0.1) is 0 Å². The van der Waals surface area contributed by atoms with Gasteiger partial charge >= 0.3 is 12.1 Å². The average molecular weight is 543 g/mol. The van der Waals surface area contributed by atoms with Gasteiger partial charge in [0, 0.05) is 19.6 Å². The second kappa shape index (κ2) is 12.9. The van der Waals surface area contributed by atoms with Crippen molar-refractivity contribution in [3.63, 3.8) is 0 Å². The summed E-state index contributed by atoms with van der Waals surface area (Å²) in [5, 5.41) is 2.75. The molecule has 0 saturated carbocycles. The third-order valence-electron chi connectivity index (χ3n) is 7.64. The molecule has 39 heavy (non-hydrogen) atoms. The van der Waals surface area contributed by atoms with E-state index in [4.69, 9.17) is 9.47 Å². The lowest BCUT2D eigenvalue weighted by molar-refractivity contribution is -0.155. The highest BCUT2D eigenvalue weighted by Crippen LogP contribution is 2.26. The largest absolute Gasteiger partial charge is 0.464 e. The molecule has 3 fully saturated rings. The minimum atomic E-state index is -0.881. The maximum absolute atomic E-state index is 13.4. The predicted octanol–water partition coefficient (Wildman–Crippen LogP) is 1.84. The van der Waals surface area contributed by atoms with Gasteiger partial charge in [0.15, 0.2) is 0 Å². The molecule has 0 spiro atoms. The molecule has 4 amide bonds. The van der Waals surface area contributed by atoms with Crippen molar-refractivity contribution in [2.75, 3.05) is 26.2 Å². The summed E-state index contributed by atoms with van der Waals surface area (Å²) in [7, 11) is 0. The molecule has 1 N–H and O–H groups in total. The number of amides is 4. The number of rotatable bonds is 8. The second-order valence-corrected chi connectivity index (χ2v) is 10.3. The van der Waals surface area contributed by atoms with E-state index in [1.807, 2.05) is 30.3 Å². The lowest BCUT2D eigenvalue weighted by Gasteiger charge is -2.32.